The number of aromatic amines is 1. The first kappa shape index (κ1) is 11.1. The number of hydrogen-bond acceptors (Lipinski definition) is 3. The summed E-state index contributed by atoms with van der Waals surface area (Å²) in [6.45, 7) is 2.01. The first-order valence-corrected chi connectivity index (χ1v) is 5.41. The zero-order valence-corrected chi connectivity index (χ0v) is 9.70. The summed E-state index contributed by atoms with van der Waals surface area (Å²) in [7, 11) is 0. The van der Waals surface area contributed by atoms with E-state index < -0.39 is 0 Å². The van der Waals surface area contributed by atoms with Crippen LogP contribution in [0.1, 0.15) is 22.9 Å². The van der Waals surface area contributed by atoms with Crippen LogP contribution in [0.3, 0.4) is 0 Å². The van der Waals surface area contributed by atoms with E-state index in [9.17, 15) is 0 Å². The Hall–Kier alpha value is -1.39. The molecule has 1 atom stereocenters. The van der Waals surface area contributed by atoms with E-state index in [1.165, 1.54) is 0 Å². The van der Waals surface area contributed by atoms with E-state index >= 15 is 0 Å². The van der Waals surface area contributed by atoms with Crippen LogP contribution in [0, 0.1) is 6.92 Å². The number of halogens is 1. The second-order valence-electron chi connectivity index (χ2n) is 3.80. The van der Waals surface area contributed by atoms with Crippen LogP contribution >= 0.6 is 11.6 Å². The Bertz CT molecular complexity index is 467. The quantitative estimate of drug-likeness (QED) is 0.857. The Labute approximate surface area is 98.8 Å². The Morgan fingerprint density at radius 2 is 2.31 bits per heavy atom. The molecule has 1 aromatic heterocycles. The van der Waals surface area contributed by atoms with Gasteiger partial charge < -0.3 is 5.73 Å². The van der Waals surface area contributed by atoms with E-state index in [1.54, 1.807) is 6.20 Å². The lowest BCUT2D eigenvalue weighted by Gasteiger charge is -2.10. The first-order chi connectivity index (χ1) is 7.66. The molecule has 0 fully saturated rings. The monoisotopic (exact) mass is 236 g/mol. The van der Waals surface area contributed by atoms with Gasteiger partial charge in [0.25, 0.3) is 0 Å². The standard InChI is InChI=1S/C11H13ClN4/c1-7-2-3-8(9(12)4-7)5-10(13)11-6-14-16-15-11/h2-4,6,10H,5,13H2,1H3,(H,14,15,16). The fourth-order valence-electron chi connectivity index (χ4n) is 1.55. The van der Waals surface area contributed by atoms with Crippen LogP contribution in [0.15, 0.2) is 24.4 Å². The number of nitrogens with zero attached hydrogens (tertiary/aromatic N) is 2. The van der Waals surface area contributed by atoms with Crippen molar-refractivity contribution in [3.05, 3.63) is 46.2 Å². The number of H-pyrrole nitrogens is 1. The first-order valence-electron chi connectivity index (χ1n) is 5.03. The molecule has 0 bridgehead atoms. The van der Waals surface area contributed by atoms with Crippen LogP contribution in [0.2, 0.25) is 5.02 Å². The average Bonchev–Trinajstić information content (AvgIpc) is 2.75. The summed E-state index contributed by atoms with van der Waals surface area (Å²) in [6.07, 6.45) is 2.29. The maximum Gasteiger partial charge on any atom is 0.0995 e. The van der Waals surface area contributed by atoms with E-state index in [0.29, 0.717) is 6.42 Å². The number of aryl methyl sites for hydroxylation is 1. The number of benzene rings is 1. The molecule has 0 amide bonds. The lowest BCUT2D eigenvalue weighted by Crippen LogP contribution is -2.14. The molecule has 0 aliphatic carbocycles. The predicted molar refractivity (Wildman–Crippen MR) is 63.2 cm³/mol. The summed E-state index contributed by atoms with van der Waals surface area (Å²) in [5, 5.41) is 11.0. The normalized spacial score (nSPS) is 12.7. The minimum absolute atomic E-state index is 0.182. The van der Waals surface area contributed by atoms with Crippen molar-refractivity contribution in [3.63, 3.8) is 0 Å². The SMILES string of the molecule is Cc1ccc(CC(N)c2cn[nH]n2)c(Cl)c1. The third kappa shape index (κ3) is 2.40. The molecule has 2 rings (SSSR count). The highest BCUT2D eigenvalue weighted by Crippen LogP contribution is 2.22. The van der Waals surface area contributed by atoms with Crippen molar-refractivity contribution in [2.24, 2.45) is 5.73 Å². The molecule has 84 valence electrons. The van der Waals surface area contributed by atoms with Crippen molar-refractivity contribution >= 4 is 11.6 Å². The van der Waals surface area contributed by atoms with Crippen molar-refractivity contribution in [1.82, 2.24) is 15.4 Å². The molecule has 4 nitrogen and oxygen atoms in total. The minimum Gasteiger partial charge on any atom is -0.322 e. The Kier molecular flexibility index (Phi) is 3.22. The van der Waals surface area contributed by atoms with Crippen molar-refractivity contribution in [3.8, 4) is 0 Å². The zero-order valence-electron chi connectivity index (χ0n) is 8.94. The predicted octanol–water partition coefficient (Wildman–Crippen LogP) is 2.01. The summed E-state index contributed by atoms with van der Waals surface area (Å²) in [5.41, 5.74) is 8.92. The van der Waals surface area contributed by atoms with Crippen molar-refractivity contribution in [1.29, 1.82) is 0 Å². The highest BCUT2D eigenvalue weighted by Gasteiger charge is 2.11. The van der Waals surface area contributed by atoms with Crippen molar-refractivity contribution in [2.45, 2.75) is 19.4 Å². The number of nitrogens with two attached hydrogens (primary N) is 1. The van der Waals surface area contributed by atoms with Gasteiger partial charge in [-0.05, 0) is 30.5 Å². The van der Waals surface area contributed by atoms with Gasteiger partial charge in [0.05, 0.1) is 17.9 Å². The molecule has 0 aliphatic heterocycles. The van der Waals surface area contributed by atoms with Crippen LogP contribution < -0.4 is 5.73 Å². The van der Waals surface area contributed by atoms with Crippen LogP contribution in [-0.4, -0.2) is 15.4 Å². The number of aromatic nitrogens is 3. The molecule has 0 saturated carbocycles. The maximum absolute atomic E-state index is 6.14. The van der Waals surface area contributed by atoms with Crippen LogP contribution in [0.4, 0.5) is 0 Å². The Balaban J connectivity index is 2.15. The number of hydrogen-bond donors (Lipinski definition) is 2. The fourth-order valence-corrected chi connectivity index (χ4v) is 1.86. The van der Waals surface area contributed by atoms with E-state index in [2.05, 4.69) is 15.4 Å². The van der Waals surface area contributed by atoms with Gasteiger partial charge in [-0.3, -0.25) is 0 Å². The molecule has 3 N–H and O–H groups in total. The topological polar surface area (TPSA) is 67.6 Å². The van der Waals surface area contributed by atoms with E-state index in [1.807, 2.05) is 25.1 Å². The van der Waals surface area contributed by atoms with Crippen molar-refractivity contribution < 1.29 is 0 Å². The summed E-state index contributed by atoms with van der Waals surface area (Å²) >= 11 is 6.14. The van der Waals surface area contributed by atoms with Gasteiger partial charge in [0.2, 0.25) is 0 Å². The highest BCUT2D eigenvalue weighted by molar-refractivity contribution is 6.31. The molecular formula is C11H13ClN4. The van der Waals surface area contributed by atoms with Gasteiger partial charge >= 0.3 is 0 Å². The molecule has 16 heavy (non-hydrogen) atoms. The molecule has 0 aliphatic rings. The molecule has 0 radical (unpaired) electrons. The van der Waals surface area contributed by atoms with Crippen LogP contribution in [-0.2, 0) is 6.42 Å². The Morgan fingerprint density at radius 1 is 1.50 bits per heavy atom. The average molecular weight is 237 g/mol. The molecule has 0 spiro atoms. The molecule has 5 heteroatoms. The van der Waals surface area contributed by atoms with Crippen LogP contribution in [0.25, 0.3) is 0 Å². The minimum atomic E-state index is -0.182. The number of rotatable bonds is 3. The molecule has 1 heterocycles. The smallest absolute Gasteiger partial charge is 0.0995 e. The van der Waals surface area contributed by atoms with Gasteiger partial charge in [0.1, 0.15) is 0 Å². The zero-order chi connectivity index (χ0) is 11.5. The summed E-state index contributed by atoms with van der Waals surface area (Å²) in [4.78, 5) is 0. The third-order valence-electron chi connectivity index (χ3n) is 2.46. The van der Waals surface area contributed by atoms with Gasteiger partial charge in [0, 0.05) is 5.02 Å². The second-order valence-corrected chi connectivity index (χ2v) is 4.21. The third-order valence-corrected chi connectivity index (χ3v) is 2.81. The summed E-state index contributed by atoms with van der Waals surface area (Å²) < 4.78 is 0. The van der Waals surface area contributed by atoms with Crippen molar-refractivity contribution in [2.75, 3.05) is 0 Å². The largest absolute Gasteiger partial charge is 0.322 e. The highest BCUT2D eigenvalue weighted by atomic mass is 35.5. The fraction of sp³-hybridized carbons (Fsp3) is 0.273. The van der Waals surface area contributed by atoms with Gasteiger partial charge in [-0.15, -0.1) is 0 Å². The van der Waals surface area contributed by atoms with E-state index in [4.69, 9.17) is 17.3 Å². The molecular weight excluding hydrogens is 224 g/mol. The van der Waals surface area contributed by atoms with Gasteiger partial charge in [-0.1, -0.05) is 23.7 Å². The molecule has 1 aromatic carbocycles. The van der Waals surface area contributed by atoms with E-state index in [-0.39, 0.29) is 6.04 Å². The summed E-state index contributed by atoms with van der Waals surface area (Å²) in [5.74, 6) is 0. The van der Waals surface area contributed by atoms with Crippen LogP contribution in [0.5, 0.6) is 0 Å². The number of nitrogens with one attached hydrogen (secondary N) is 1. The molecule has 0 saturated heterocycles. The maximum atomic E-state index is 6.14. The van der Waals surface area contributed by atoms with Gasteiger partial charge in [-0.2, -0.15) is 15.4 Å². The lowest BCUT2D eigenvalue weighted by molar-refractivity contribution is 0.691. The second kappa shape index (κ2) is 4.63. The lowest BCUT2D eigenvalue weighted by atomic mass is 10.0. The Morgan fingerprint density at radius 3 is 2.94 bits per heavy atom. The summed E-state index contributed by atoms with van der Waals surface area (Å²) in [6, 6.07) is 5.78. The molecule has 1 unspecified atom stereocenters. The van der Waals surface area contributed by atoms with Gasteiger partial charge in [-0.25, -0.2) is 0 Å². The van der Waals surface area contributed by atoms with E-state index in [0.717, 1.165) is 21.8 Å². The van der Waals surface area contributed by atoms with Gasteiger partial charge in [0.15, 0.2) is 0 Å². The molecule has 2 aromatic rings.